The van der Waals surface area contributed by atoms with Gasteiger partial charge in [-0.05, 0) is 44.0 Å². The standard InChI is InChI=1S/C21H26N2O4S/c1-16-10-12-18(13-11-16)28(25,26)23-14-6-5-7-17(23)15-21(24)22-19-8-3-4-9-20(19)27-2/h3-4,8-13,17H,5-7,14-15H2,1-2H3,(H,22,24). The van der Waals surface area contributed by atoms with Crippen molar-refractivity contribution < 1.29 is 17.9 Å². The van der Waals surface area contributed by atoms with E-state index in [1.165, 1.54) is 4.31 Å². The van der Waals surface area contributed by atoms with Crippen LogP contribution >= 0.6 is 0 Å². The number of amides is 1. The molecule has 150 valence electrons. The van der Waals surface area contributed by atoms with Crippen molar-refractivity contribution in [3.8, 4) is 5.75 Å². The van der Waals surface area contributed by atoms with Crippen LogP contribution in [-0.2, 0) is 14.8 Å². The summed E-state index contributed by atoms with van der Waals surface area (Å²) in [5, 5.41) is 2.84. The number of para-hydroxylation sites is 2. The normalized spacial score (nSPS) is 17.9. The number of hydrogen-bond acceptors (Lipinski definition) is 4. The zero-order valence-corrected chi connectivity index (χ0v) is 17.0. The monoisotopic (exact) mass is 402 g/mol. The number of rotatable bonds is 6. The number of carbonyl (C=O) groups excluding carboxylic acids is 1. The maximum Gasteiger partial charge on any atom is 0.243 e. The molecule has 1 aliphatic rings. The van der Waals surface area contributed by atoms with E-state index in [4.69, 9.17) is 4.74 Å². The number of anilines is 1. The summed E-state index contributed by atoms with van der Waals surface area (Å²) in [6.45, 7) is 2.35. The van der Waals surface area contributed by atoms with Gasteiger partial charge in [-0.25, -0.2) is 8.42 Å². The van der Waals surface area contributed by atoms with Crippen LogP contribution in [0.4, 0.5) is 5.69 Å². The quantitative estimate of drug-likeness (QED) is 0.801. The van der Waals surface area contributed by atoms with E-state index in [9.17, 15) is 13.2 Å². The third kappa shape index (κ3) is 4.54. The summed E-state index contributed by atoms with van der Waals surface area (Å²) in [7, 11) is -2.09. The average molecular weight is 403 g/mol. The molecule has 0 radical (unpaired) electrons. The van der Waals surface area contributed by atoms with Gasteiger partial charge >= 0.3 is 0 Å². The zero-order chi connectivity index (χ0) is 20.1. The lowest BCUT2D eigenvalue weighted by Crippen LogP contribution is -2.45. The first kappa shape index (κ1) is 20.4. The summed E-state index contributed by atoms with van der Waals surface area (Å²) in [5.41, 5.74) is 1.59. The molecule has 3 rings (SSSR count). The predicted molar refractivity (Wildman–Crippen MR) is 109 cm³/mol. The van der Waals surface area contributed by atoms with Gasteiger partial charge in [0.25, 0.3) is 0 Å². The Kier molecular flexibility index (Phi) is 6.36. The van der Waals surface area contributed by atoms with Gasteiger partial charge in [-0.3, -0.25) is 4.79 Å². The van der Waals surface area contributed by atoms with Crippen LogP contribution in [0.3, 0.4) is 0 Å². The van der Waals surface area contributed by atoms with Crippen LogP contribution in [0.2, 0.25) is 0 Å². The molecule has 1 heterocycles. The van der Waals surface area contributed by atoms with Crippen LogP contribution in [0.1, 0.15) is 31.2 Å². The van der Waals surface area contributed by atoms with Gasteiger partial charge in [0.2, 0.25) is 15.9 Å². The minimum atomic E-state index is -3.63. The van der Waals surface area contributed by atoms with Crippen LogP contribution in [0.5, 0.6) is 5.75 Å². The Morgan fingerprint density at radius 3 is 2.57 bits per heavy atom. The fourth-order valence-electron chi connectivity index (χ4n) is 3.50. The molecule has 1 N–H and O–H groups in total. The molecule has 2 aromatic carbocycles. The van der Waals surface area contributed by atoms with Crippen LogP contribution in [0, 0.1) is 6.92 Å². The Balaban J connectivity index is 1.76. The van der Waals surface area contributed by atoms with Gasteiger partial charge < -0.3 is 10.1 Å². The number of aryl methyl sites for hydroxylation is 1. The molecule has 0 spiro atoms. The summed E-state index contributed by atoms with van der Waals surface area (Å²) in [4.78, 5) is 12.9. The van der Waals surface area contributed by atoms with E-state index in [0.29, 0.717) is 24.4 Å². The van der Waals surface area contributed by atoms with Crippen molar-refractivity contribution in [2.75, 3.05) is 19.0 Å². The van der Waals surface area contributed by atoms with E-state index in [0.717, 1.165) is 18.4 Å². The first-order valence-electron chi connectivity index (χ1n) is 9.43. The Bertz CT molecular complexity index is 926. The maximum atomic E-state index is 13.1. The average Bonchev–Trinajstić information content (AvgIpc) is 2.69. The molecule has 0 saturated carbocycles. The molecule has 1 fully saturated rings. The fraction of sp³-hybridized carbons (Fsp3) is 0.381. The predicted octanol–water partition coefficient (Wildman–Crippen LogP) is 3.58. The Morgan fingerprint density at radius 1 is 1.14 bits per heavy atom. The molecule has 28 heavy (non-hydrogen) atoms. The maximum absolute atomic E-state index is 13.1. The largest absolute Gasteiger partial charge is 0.495 e. The molecule has 1 saturated heterocycles. The number of hydrogen-bond donors (Lipinski definition) is 1. The third-order valence-electron chi connectivity index (χ3n) is 5.00. The lowest BCUT2D eigenvalue weighted by atomic mass is 10.0. The molecular weight excluding hydrogens is 376 g/mol. The van der Waals surface area contributed by atoms with Crippen molar-refractivity contribution in [3.05, 3.63) is 54.1 Å². The molecule has 6 nitrogen and oxygen atoms in total. The van der Waals surface area contributed by atoms with Crippen LogP contribution < -0.4 is 10.1 Å². The van der Waals surface area contributed by atoms with E-state index in [1.54, 1.807) is 43.5 Å². The number of nitrogens with one attached hydrogen (secondary N) is 1. The summed E-state index contributed by atoms with van der Waals surface area (Å²) in [6.07, 6.45) is 2.50. The minimum Gasteiger partial charge on any atom is -0.495 e. The fourth-order valence-corrected chi connectivity index (χ4v) is 5.20. The summed E-state index contributed by atoms with van der Waals surface area (Å²) < 4.78 is 33.0. The van der Waals surface area contributed by atoms with E-state index in [-0.39, 0.29) is 23.3 Å². The zero-order valence-electron chi connectivity index (χ0n) is 16.2. The van der Waals surface area contributed by atoms with E-state index in [2.05, 4.69) is 5.32 Å². The number of ether oxygens (including phenoxy) is 1. The number of carbonyl (C=O) groups is 1. The number of methoxy groups -OCH3 is 1. The first-order chi connectivity index (χ1) is 13.4. The molecule has 0 aliphatic carbocycles. The number of nitrogens with zero attached hydrogens (tertiary/aromatic N) is 1. The topological polar surface area (TPSA) is 75.7 Å². The molecule has 0 aromatic heterocycles. The number of sulfonamides is 1. The van der Waals surface area contributed by atoms with Crippen molar-refractivity contribution >= 4 is 21.6 Å². The Hall–Kier alpha value is -2.38. The number of piperidine rings is 1. The molecule has 7 heteroatoms. The van der Waals surface area contributed by atoms with Crippen molar-refractivity contribution in [1.82, 2.24) is 4.31 Å². The molecule has 1 amide bonds. The second-order valence-corrected chi connectivity index (χ2v) is 8.92. The van der Waals surface area contributed by atoms with Gasteiger partial charge in [0.15, 0.2) is 0 Å². The van der Waals surface area contributed by atoms with Gasteiger partial charge in [-0.15, -0.1) is 0 Å². The Labute approximate surface area is 166 Å². The van der Waals surface area contributed by atoms with Crippen LogP contribution in [-0.4, -0.2) is 38.3 Å². The molecule has 2 aromatic rings. The molecule has 0 bridgehead atoms. The van der Waals surface area contributed by atoms with Gasteiger partial charge in [-0.2, -0.15) is 4.31 Å². The molecule has 1 atom stereocenters. The van der Waals surface area contributed by atoms with Crippen LogP contribution in [0.15, 0.2) is 53.4 Å². The third-order valence-corrected chi connectivity index (χ3v) is 6.97. The molecule has 1 unspecified atom stereocenters. The van der Waals surface area contributed by atoms with Gasteiger partial charge in [-0.1, -0.05) is 36.2 Å². The van der Waals surface area contributed by atoms with Crippen molar-refractivity contribution in [2.45, 2.75) is 43.5 Å². The summed E-state index contributed by atoms with van der Waals surface area (Å²) in [6, 6.07) is 13.7. The lowest BCUT2D eigenvalue weighted by Gasteiger charge is -2.34. The highest BCUT2D eigenvalue weighted by Gasteiger charge is 2.34. The summed E-state index contributed by atoms with van der Waals surface area (Å²) in [5.74, 6) is 0.351. The SMILES string of the molecule is COc1ccccc1NC(=O)CC1CCCCN1S(=O)(=O)c1ccc(C)cc1. The molecule has 1 aliphatic heterocycles. The van der Waals surface area contributed by atoms with Crippen molar-refractivity contribution in [1.29, 1.82) is 0 Å². The highest BCUT2D eigenvalue weighted by Crippen LogP contribution is 2.28. The van der Waals surface area contributed by atoms with E-state index >= 15 is 0 Å². The van der Waals surface area contributed by atoms with Gasteiger partial charge in [0, 0.05) is 19.0 Å². The highest BCUT2D eigenvalue weighted by molar-refractivity contribution is 7.89. The lowest BCUT2D eigenvalue weighted by molar-refractivity contribution is -0.117. The van der Waals surface area contributed by atoms with Crippen molar-refractivity contribution in [3.63, 3.8) is 0 Å². The van der Waals surface area contributed by atoms with Crippen molar-refractivity contribution in [2.24, 2.45) is 0 Å². The smallest absolute Gasteiger partial charge is 0.243 e. The van der Waals surface area contributed by atoms with E-state index < -0.39 is 10.0 Å². The highest BCUT2D eigenvalue weighted by atomic mass is 32.2. The van der Waals surface area contributed by atoms with Crippen LogP contribution in [0.25, 0.3) is 0 Å². The first-order valence-corrected chi connectivity index (χ1v) is 10.9. The van der Waals surface area contributed by atoms with Gasteiger partial charge in [0.1, 0.15) is 5.75 Å². The van der Waals surface area contributed by atoms with E-state index in [1.807, 2.05) is 19.1 Å². The second-order valence-electron chi connectivity index (χ2n) is 7.03. The number of benzene rings is 2. The Morgan fingerprint density at radius 2 is 1.86 bits per heavy atom. The minimum absolute atomic E-state index is 0.114. The summed E-state index contributed by atoms with van der Waals surface area (Å²) >= 11 is 0. The molecular formula is C21H26N2O4S. The second kappa shape index (κ2) is 8.75. The van der Waals surface area contributed by atoms with Gasteiger partial charge in [0.05, 0.1) is 17.7 Å².